The number of anilines is 1. The third kappa shape index (κ3) is 4.91. The summed E-state index contributed by atoms with van der Waals surface area (Å²) in [7, 11) is 1.55. The monoisotopic (exact) mass is 340 g/mol. The summed E-state index contributed by atoms with van der Waals surface area (Å²) >= 11 is 0. The summed E-state index contributed by atoms with van der Waals surface area (Å²) in [6, 6.07) is 13.2. The van der Waals surface area contributed by atoms with E-state index in [2.05, 4.69) is 10.6 Å². The second-order valence-electron chi connectivity index (χ2n) is 5.49. The van der Waals surface area contributed by atoms with Crippen LogP contribution in [-0.2, 0) is 4.79 Å². The van der Waals surface area contributed by atoms with E-state index in [4.69, 9.17) is 4.74 Å². The van der Waals surface area contributed by atoms with Crippen molar-refractivity contribution in [1.29, 1.82) is 0 Å². The van der Waals surface area contributed by atoms with Crippen LogP contribution >= 0.6 is 0 Å². The molecule has 1 atom stereocenters. The van der Waals surface area contributed by atoms with Gasteiger partial charge in [0.05, 0.1) is 0 Å². The first-order valence-corrected chi connectivity index (χ1v) is 7.81. The zero-order chi connectivity index (χ0) is 18.4. The second kappa shape index (κ2) is 8.10. The summed E-state index contributed by atoms with van der Waals surface area (Å²) in [5.74, 6) is -0.148. The quantitative estimate of drug-likeness (QED) is 0.792. The number of amides is 2. The fourth-order valence-corrected chi connectivity index (χ4v) is 2.14. The van der Waals surface area contributed by atoms with Crippen LogP contribution in [0.15, 0.2) is 48.5 Å². The summed E-state index contributed by atoms with van der Waals surface area (Å²) in [5, 5.41) is 5.25. The van der Waals surface area contributed by atoms with Gasteiger partial charge in [0.25, 0.3) is 11.8 Å². The SMILES string of the molecule is CNC(=O)c1ccc(NC(=O)C(C)Oc2cccc(C(C)=O)c2)cc1. The zero-order valence-electron chi connectivity index (χ0n) is 14.3. The Kier molecular flexibility index (Phi) is 5.89. The first kappa shape index (κ1) is 18.2. The molecule has 0 aliphatic heterocycles. The van der Waals surface area contributed by atoms with Gasteiger partial charge in [-0.2, -0.15) is 0 Å². The standard InChI is InChI=1S/C19H20N2O4/c1-12(22)15-5-4-6-17(11-15)25-13(2)18(23)21-16-9-7-14(8-10-16)19(24)20-3/h4-11,13H,1-3H3,(H,20,24)(H,21,23). The molecule has 0 saturated heterocycles. The van der Waals surface area contributed by atoms with Crippen LogP contribution in [-0.4, -0.2) is 30.7 Å². The lowest BCUT2D eigenvalue weighted by atomic mass is 10.1. The Morgan fingerprint density at radius 2 is 1.68 bits per heavy atom. The van der Waals surface area contributed by atoms with Gasteiger partial charge >= 0.3 is 0 Å². The van der Waals surface area contributed by atoms with Gasteiger partial charge in [0.2, 0.25) is 0 Å². The van der Waals surface area contributed by atoms with Gasteiger partial charge in [-0.3, -0.25) is 14.4 Å². The lowest BCUT2D eigenvalue weighted by Gasteiger charge is -2.15. The molecule has 2 aromatic carbocycles. The second-order valence-corrected chi connectivity index (χ2v) is 5.49. The van der Waals surface area contributed by atoms with Crippen LogP contribution in [0.5, 0.6) is 5.75 Å². The van der Waals surface area contributed by atoms with E-state index in [-0.39, 0.29) is 17.6 Å². The maximum atomic E-state index is 12.2. The Bertz CT molecular complexity index is 784. The minimum absolute atomic E-state index is 0.0706. The number of hydrogen-bond acceptors (Lipinski definition) is 4. The number of benzene rings is 2. The maximum absolute atomic E-state index is 12.2. The van der Waals surface area contributed by atoms with Crippen LogP contribution < -0.4 is 15.4 Å². The Labute approximate surface area is 146 Å². The Morgan fingerprint density at radius 1 is 1.00 bits per heavy atom. The van der Waals surface area contributed by atoms with Crippen molar-refractivity contribution in [3.63, 3.8) is 0 Å². The van der Waals surface area contributed by atoms with E-state index >= 15 is 0 Å². The molecule has 0 aliphatic rings. The van der Waals surface area contributed by atoms with Gasteiger partial charge in [-0.25, -0.2) is 0 Å². The molecule has 6 heteroatoms. The van der Waals surface area contributed by atoms with Crippen LogP contribution in [0, 0.1) is 0 Å². The van der Waals surface area contributed by atoms with Crippen molar-refractivity contribution in [3.8, 4) is 5.75 Å². The number of nitrogens with one attached hydrogen (secondary N) is 2. The molecule has 2 aromatic rings. The molecule has 0 bridgehead atoms. The molecule has 2 rings (SSSR count). The van der Waals surface area contributed by atoms with Gasteiger partial charge < -0.3 is 15.4 Å². The minimum atomic E-state index is -0.749. The molecule has 0 saturated carbocycles. The molecule has 6 nitrogen and oxygen atoms in total. The molecule has 130 valence electrons. The van der Waals surface area contributed by atoms with Crippen LogP contribution in [0.4, 0.5) is 5.69 Å². The van der Waals surface area contributed by atoms with E-state index in [1.807, 2.05) is 0 Å². The number of carbonyl (C=O) groups excluding carboxylic acids is 3. The first-order valence-electron chi connectivity index (χ1n) is 7.81. The number of ketones is 1. The van der Waals surface area contributed by atoms with Crippen molar-refractivity contribution < 1.29 is 19.1 Å². The molecule has 25 heavy (non-hydrogen) atoms. The highest BCUT2D eigenvalue weighted by atomic mass is 16.5. The predicted octanol–water partition coefficient (Wildman–Crippen LogP) is 2.65. The van der Waals surface area contributed by atoms with Crippen LogP contribution in [0.2, 0.25) is 0 Å². The lowest BCUT2D eigenvalue weighted by molar-refractivity contribution is -0.122. The summed E-state index contributed by atoms with van der Waals surface area (Å²) in [6.07, 6.45) is -0.749. The number of hydrogen-bond donors (Lipinski definition) is 2. The van der Waals surface area contributed by atoms with Crippen molar-refractivity contribution in [1.82, 2.24) is 5.32 Å². The molecule has 0 aromatic heterocycles. The number of rotatable bonds is 6. The van der Waals surface area contributed by atoms with Gasteiger partial charge in [-0.1, -0.05) is 12.1 Å². The summed E-state index contributed by atoms with van der Waals surface area (Å²) in [6.45, 7) is 3.09. The molecule has 0 radical (unpaired) electrons. The highest BCUT2D eigenvalue weighted by Gasteiger charge is 2.15. The van der Waals surface area contributed by atoms with Gasteiger partial charge in [-0.05, 0) is 50.2 Å². The minimum Gasteiger partial charge on any atom is -0.481 e. The van der Waals surface area contributed by atoms with Gasteiger partial charge in [0.1, 0.15) is 5.75 Å². The third-order valence-corrected chi connectivity index (χ3v) is 3.56. The van der Waals surface area contributed by atoms with E-state index in [9.17, 15) is 14.4 Å². The van der Waals surface area contributed by atoms with Crippen molar-refractivity contribution in [3.05, 3.63) is 59.7 Å². The summed E-state index contributed by atoms with van der Waals surface area (Å²) < 4.78 is 5.59. The van der Waals surface area contributed by atoms with Crippen LogP contribution in [0.3, 0.4) is 0 Å². The number of carbonyl (C=O) groups is 3. The van der Waals surface area contributed by atoms with E-state index < -0.39 is 6.10 Å². The Morgan fingerprint density at radius 3 is 2.28 bits per heavy atom. The third-order valence-electron chi connectivity index (χ3n) is 3.56. The molecular weight excluding hydrogens is 320 g/mol. The molecule has 0 fully saturated rings. The van der Waals surface area contributed by atoms with E-state index in [0.717, 1.165) is 0 Å². The van der Waals surface area contributed by atoms with Crippen LogP contribution in [0.1, 0.15) is 34.6 Å². The maximum Gasteiger partial charge on any atom is 0.265 e. The van der Waals surface area contributed by atoms with E-state index in [1.54, 1.807) is 62.5 Å². The van der Waals surface area contributed by atoms with E-state index in [0.29, 0.717) is 22.6 Å². The highest BCUT2D eigenvalue weighted by Crippen LogP contribution is 2.16. The number of ether oxygens (including phenoxy) is 1. The molecule has 0 spiro atoms. The summed E-state index contributed by atoms with van der Waals surface area (Å²) in [5.41, 5.74) is 1.59. The average Bonchev–Trinajstić information content (AvgIpc) is 2.61. The molecule has 1 unspecified atom stereocenters. The largest absolute Gasteiger partial charge is 0.481 e. The fraction of sp³-hybridized carbons (Fsp3) is 0.211. The molecule has 2 amide bonds. The molecular formula is C19H20N2O4. The summed E-state index contributed by atoms with van der Waals surface area (Å²) in [4.78, 5) is 35.1. The topological polar surface area (TPSA) is 84.5 Å². The Balaban J connectivity index is 1.99. The predicted molar refractivity (Wildman–Crippen MR) is 95.0 cm³/mol. The molecule has 0 heterocycles. The molecule has 2 N–H and O–H groups in total. The molecule has 0 aliphatic carbocycles. The van der Waals surface area contributed by atoms with Gasteiger partial charge in [-0.15, -0.1) is 0 Å². The first-order chi connectivity index (χ1) is 11.9. The van der Waals surface area contributed by atoms with Crippen molar-refractivity contribution >= 4 is 23.3 Å². The number of Topliss-reactive ketones (excluding diaryl/α,β-unsaturated/α-hetero) is 1. The lowest BCUT2D eigenvalue weighted by Crippen LogP contribution is -2.30. The highest BCUT2D eigenvalue weighted by molar-refractivity contribution is 5.97. The van der Waals surface area contributed by atoms with Crippen molar-refractivity contribution in [2.24, 2.45) is 0 Å². The van der Waals surface area contributed by atoms with Gasteiger partial charge in [0.15, 0.2) is 11.9 Å². The normalized spacial score (nSPS) is 11.3. The average molecular weight is 340 g/mol. The van der Waals surface area contributed by atoms with Gasteiger partial charge in [0, 0.05) is 23.9 Å². The fourth-order valence-electron chi connectivity index (χ4n) is 2.14. The van der Waals surface area contributed by atoms with Crippen LogP contribution in [0.25, 0.3) is 0 Å². The Hall–Kier alpha value is -3.15. The van der Waals surface area contributed by atoms with Crippen molar-refractivity contribution in [2.75, 3.05) is 12.4 Å². The smallest absolute Gasteiger partial charge is 0.265 e. The van der Waals surface area contributed by atoms with Crippen molar-refractivity contribution in [2.45, 2.75) is 20.0 Å². The van der Waals surface area contributed by atoms with E-state index in [1.165, 1.54) is 6.92 Å². The zero-order valence-corrected chi connectivity index (χ0v) is 14.3.